The molecule has 0 aromatic heterocycles. The Morgan fingerprint density at radius 1 is 1.12 bits per heavy atom. The minimum atomic E-state index is -0.443. The van der Waals surface area contributed by atoms with Crippen molar-refractivity contribution < 1.29 is 23.8 Å². The summed E-state index contributed by atoms with van der Waals surface area (Å²) in [5.41, 5.74) is 11.3. The van der Waals surface area contributed by atoms with Crippen LogP contribution < -0.4 is 25.9 Å². The van der Waals surface area contributed by atoms with Gasteiger partial charge >= 0.3 is 12.0 Å². The number of hydrogen-bond acceptors (Lipinski definition) is 7. The number of carbonyl (C=O) groups is 2. The number of amides is 2. The Labute approximate surface area is 186 Å². The molecule has 1 aliphatic heterocycles. The average Bonchev–Trinajstić information content (AvgIpc) is 3.23. The van der Waals surface area contributed by atoms with Crippen molar-refractivity contribution in [1.82, 2.24) is 10.7 Å². The lowest BCUT2D eigenvalue weighted by atomic mass is 9.95. The first-order valence-electron chi connectivity index (χ1n) is 10.6. The molecule has 1 aliphatic rings. The molecule has 0 fully saturated rings. The highest BCUT2D eigenvalue weighted by Gasteiger charge is 2.23. The number of hydrazone groups is 1. The summed E-state index contributed by atoms with van der Waals surface area (Å²) in [6.07, 6.45) is 1.75. The standard InChI is InChI=1S/C23H28N4O5/c1-3-5-10-30-21(28)12-16-11-19-20(32-14-31-19)13-18(16)22(26-27-23(29)25-4-2)15-6-8-17(24)9-7-15/h6-9,11,13H,3-5,10,12,14,24H2,1-2H3,(H2,25,27,29)/b26-22+. The summed E-state index contributed by atoms with van der Waals surface area (Å²) in [5.74, 6) is 0.717. The second-order valence-corrected chi connectivity index (χ2v) is 7.17. The van der Waals surface area contributed by atoms with E-state index in [1.807, 2.05) is 13.8 Å². The fourth-order valence-electron chi connectivity index (χ4n) is 3.12. The number of benzene rings is 2. The molecule has 9 heteroatoms. The minimum absolute atomic E-state index is 0.0187. The summed E-state index contributed by atoms with van der Waals surface area (Å²) in [4.78, 5) is 24.5. The van der Waals surface area contributed by atoms with Crippen LogP contribution in [0.15, 0.2) is 41.5 Å². The third-order valence-corrected chi connectivity index (χ3v) is 4.74. The first kappa shape index (κ1) is 22.9. The molecule has 2 amide bonds. The number of ether oxygens (including phenoxy) is 3. The van der Waals surface area contributed by atoms with Crippen LogP contribution >= 0.6 is 0 Å². The molecule has 9 nitrogen and oxygen atoms in total. The number of hydrogen-bond donors (Lipinski definition) is 3. The zero-order chi connectivity index (χ0) is 22.9. The number of nitrogens with two attached hydrogens (primary N) is 1. The second-order valence-electron chi connectivity index (χ2n) is 7.17. The molecule has 0 bridgehead atoms. The molecule has 2 aromatic rings. The number of anilines is 1. The molecular weight excluding hydrogens is 412 g/mol. The van der Waals surface area contributed by atoms with Gasteiger partial charge in [-0.2, -0.15) is 5.10 Å². The second kappa shape index (κ2) is 11.0. The van der Waals surface area contributed by atoms with E-state index < -0.39 is 6.03 Å². The Morgan fingerprint density at radius 3 is 2.53 bits per heavy atom. The van der Waals surface area contributed by atoms with Crippen molar-refractivity contribution in [3.8, 4) is 11.5 Å². The van der Waals surface area contributed by atoms with E-state index in [0.717, 1.165) is 12.8 Å². The van der Waals surface area contributed by atoms with Gasteiger partial charge in [0.1, 0.15) is 0 Å². The van der Waals surface area contributed by atoms with Crippen molar-refractivity contribution in [2.75, 3.05) is 25.7 Å². The number of esters is 1. The molecule has 1 heterocycles. The number of nitrogen functional groups attached to an aromatic ring is 1. The third-order valence-electron chi connectivity index (χ3n) is 4.74. The molecule has 0 saturated heterocycles. The van der Waals surface area contributed by atoms with Gasteiger partial charge < -0.3 is 25.3 Å². The maximum absolute atomic E-state index is 12.5. The van der Waals surface area contributed by atoms with E-state index in [2.05, 4.69) is 15.8 Å². The molecule has 32 heavy (non-hydrogen) atoms. The maximum Gasteiger partial charge on any atom is 0.335 e. The molecule has 0 aliphatic carbocycles. The lowest BCUT2D eigenvalue weighted by Gasteiger charge is -2.14. The minimum Gasteiger partial charge on any atom is -0.465 e. The Balaban J connectivity index is 2.01. The SMILES string of the molecule is CCCCOC(=O)Cc1cc2c(cc1/C(=N/NC(=O)NCC)c1ccc(N)cc1)OCO2. The van der Waals surface area contributed by atoms with Gasteiger partial charge in [-0.1, -0.05) is 25.5 Å². The van der Waals surface area contributed by atoms with E-state index in [1.165, 1.54) is 0 Å². The smallest absolute Gasteiger partial charge is 0.335 e. The van der Waals surface area contributed by atoms with E-state index in [0.29, 0.717) is 52.7 Å². The van der Waals surface area contributed by atoms with Gasteiger partial charge in [-0.25, -0.2) is 10.2 Å². The van der Waals surface area contributed by atoms with Gasteiger partial charge in [0.2, 0.25) is 6.79 Å². The van der Waals surface area contributed by atoms with Crippen molar-refractivity contribution in [1.29, 1.82) is 0 Å². The highest BCUT2D eigenvalue weighted by Crippen LogP contribution is 2.36. The van der Waals surface area contributed by atoms with Gasteiger partial charge in [0.15, 0.2) is 11.5 Å². The summed E-state index contributed by atoms with van der Waals surface area (Å²) >= 11 is 0. The Morgan fingerprint density at radius 2 is 1.84 bits per heavy atom. The van der Waals surface area contributed by atoms with Gasteiger partial charge in [-0.15, -0.1) is 0 Å². The van der Waals surface area contributed by atoms with Crippen LogP contribution in [0, 0.1) is 0 Å². The van der Waals surface area contributed by atoms with Crippen LogP contribution in [0.3, 0.4) is 0 Å². The topological polar surface area (TPSA) is 124 Å². The number of carbonyl (C=O) groups excluding carboxylic acids is 2. The normalized spacial score (nSPS) is 12.4. The lowest BCUT2D eigenvalue weighted by molar-refractivity contribution is -0.142. The number of nitrogens with one attached hydrogen (secondary N) is 2. The highest BCUT2D eigenvalue weighted by atomic mass is 16.7. The number of unbranched alkanes of at least 4 members (excludes halogenated alkanes) is 1. The molecule has 0 atom stereocenters. The van der Waals surface area contributed by atoms with Crippen molar-refractivity contribution in [2.45, 2.75) is 33.1 Å². The predicted octanol–water partition coefficient (Wildman–Crippen LogP) is 2.95. The molecule has 0 radical (unpaired) electrons. The molecule has 0 unspecified atom stereocenters. The zero-order valence-corrected chi connectivity index (χ0v) is 18.3. The first-order valence-corrected chi connectivity index (χ1v) is 10.6. The van der Waals surface area contributed by atoms with Gasteiger partial charge in [-0.05, 0) is 43.2 Å². The average molecular weight is 441 g/mol. The fourth-order valence-corrected chi connectivity index (χ4v) is 3.12. The summed E-state index contributed by atoms with van der Waals surface area (Å²) in [5, 5.41) is 6.98. The van der Waals surface area contributed by atoms with Gasteiger partial charge in [0.05, 0.1) is 18.7 Å². The van der Waals surface area contributed by atoms with E-state index in [4.69, 9.17) is 19.9 Å². The molecule has 170 valence electrons. The van der Waals surface area contributed by atoms with Crippen molar-refractivity contribution in [2.24, 2.45) is 5.10 Å². The van der Waals surface area contributed by atoms with Crippen molar-refractivity contribution in [3.63, 3.8) is 0 Å². The van der Waals surface area contributed by atoms with Gasteiger partial charge in [0.25, 0.3) is 0 Å². The zero-order valence-electron chi connectivity index (χ0n) is 18.3. The Hall–Kier alpha value is -3.75. The van der Waals surface area contributed by atoms with Crippen LogP contribution in [0.1, 0.15) is 43.4 Å². The van der Waals surface area contributed by atoms with Crippen LogP contribution in [-0.4, -0.2) is 37.7 Å². The van der Waals surface area contributed by atoms with Gasteiger partial charge in [0, 0.05) is 23.4 Å². The number of urea groups is 1. The quantitative estimate of drug-likeness (QED) is 0.181. The molecular formula is C23H28N4O5. The van der Waals surface area contributed by atoms with Crippen LogP contribution in [0.4, 0.5) is 10.5 Å². The largest absolute Gasteiger partial charge is 0.465 e. The van der Waals surface area contributed by atoms with E-state index in [1.54, 1.807) is 36.4 Å². The Bertz CT molecular complexity index is 989. The summed E-state index contributed by atoms with van der Waals surface area (Å²) in [7, 11) is 0. The third kappa shape index (κ3) is 5.90. The van der Waals surface area contributed by atoms with E-state index in [-0.39, 0.29) is 19.2 Å². The molecule has 2 aromatic carbocycles. The van der Waals surface area contributed by atoms with Crippen LogP contribution in [-0.2, 0) is 16.0 Å². The monoisotopic (exact) mass is 440 g/mol. The predicted molar refractivity (Wildman–Crippen MR) is 121 cm³/mol. The van der Waals surface area contributed by atoms with E-state index >= 15 is 0 Å². The van der Waals surface area contributed by atoms with Crippen molar-refractivity contribution >= 4 is 23.4 Å². The van der Waals surface area contributed by atoms with Crippen molar-refractivity contribution in [3.05, 3.63) is 53.1 Å². The summed E-state index contributed by atoms with van der Waals surface area (Å²) in [6.45, 7) is 4.75. The number of rotatable bonds is 9. The number of fused-ring (bicyclic) bond motifs is 1. The fraction of sp³-hybridized carbons (Fsp3) is 0.348. The summed E-state index contributed by atoms with van der Waals surface area (Å²) < 4.78 is 16.4. The van der Waals surface area contributed by atoms with Crippen LogP contribution in [0.5, 0.6) is 11.5 Å². The Kier molecular flexibility index (Phi) is 7.91. The lowest BCUT2D eigenvalue weighted by Crippen LogP contribution is -2.33. The number of nitrogens with zero attached hydrogens (tertiary/aromatic N) is 1. The molecule has 0 saturated carbocycles. The first-order chi connectivity index (χ1) is 15.5. The maximum atomic E-state index is 12.5. The highest BCUT2D eigenvalue weighted by molar-refractivity contribution is 6.14. The van der Waals surface area contributed by atoms with Crippen LogP contribution in [0.25, 0.3) is 0 Å². The molecule has 0 spiro atoms. The van der Waals surface area contributed by atoms with Gasteiger partial charge in [-0.3, -0.25) is 4.79 Å². The molecule has 4 N–H and O–H groups in total. The molecule has 3 rings (SSSR count). The summed E-state index contributed by atoms with van der Waals surface area (Å²) in [6, 6.07) is 10.1. The van der Waals surface area contributed by atoms with Crippen LogP contribution in [0.2, 0.25) is 0 Å². The van der Waals surface area contributed by atoms with E-state index in [9.17, 15) is 9.59 Å².